The molecule has 1 aromatic heterocycles. The highest BCUT2D eigenvalue weighted by atomic mass is 16.1. The van der Waals surface area contributed by atoms with E-state index in [0.717, 1.165) is 23.1 Å². The van der Waals surface area contributed by atoms with Crippen molar-refractivity contribution in [3.63, 3.8) is 0 Å². The van der Waals surface area contributed by atoms with E-state index in [2.05, 4.69) is 22.2 Å². The molecule has 2 heterocycles. The Morgan fingerprint density at radius 1 is 1.35 bits per heavy atom. The van der Waals surface area contributed by atoms with Crippen molar-refractivity contribution in [2.45, 2.75) is 25.3 Å². The molecular weight excluding hydrogens is 250 g/mol. The van der Waals surface area contributed by atoms with E-state index in [1.807, 2.05) is 30.3 Å². The van der Waals surface area contributed by atoms with Crippen LogP contribution in [0.2, 0.25) is 0 Å². The second kappa shape index (κ2) is 5.67. The molecule has 1 aliphatic heterocycles. The van der Waals surface area contributed by atoms with Crippen LogP contribution in [0.3, 0.4) is 0 Å². The van der Waals surface area contributed by atoms with Crippen LogP contribution in [0.4, 0.5) is 5.82 Å². The highest BCUT2D eigenvalue weighted by Crippen LogP contribution is 2.17. The Balaban J connectivity index is 1.76. The van der Waals surface area contributed by atoms with Crippen LogP contribution < -0.4 is 10.9 Å². The lowest BCUT2D eigenvalue weighted by Crippen LogP contribution is -2.41. The second-order valence-corrected chi connectivity index (χ2v) is 5.61. The summed E-state index contributed by atoms with van der Waals surface area (Å²) in [5.41, 5.74) is -0.0254. The van der Waals surface area contributed by atoms with Gasteiger partial charge in [-0.1, -0.05) is 24.6 Å². The Kier molecular flexibility index (Phi) is 3.74. The topological polar surface area (TPSA) is 48.1 Å². The number of nitrogens with zero attached hydrogens (tertiary/aromatic N) is 1. The van der Waals surface area contributed by atoms with Crippen LogP contribution >= 0.6 is 0 Å². The lowest BCUT2D eigenvalue weighted by atomic mass is 10.0. The molecule has 1 aliphatic rings. The Morgan fingerprint density at radius 3 is 3.05 bits per heavy atom. The summed E-state index contributed by atoms with van der Waals surface area (Å²) in [6.07, 6.45) is 3.81. The van der Waals surface area contributed by atoms with Crippen molar-refractivity contribution in [3.05, 3.63) is 40.7 Å². The molecule has 0 amide bonds. The third-order valence-electron chi connectivity index (χ3n) is 4.20. The van der Waals surface area contributed by atoms with Crippen LogP contribution in [0.1, 0.15) is 19.3 Å². The van der Waals surface area contributed by atoms with Crippen molar-refractivity contribution < 1.29 is 0 Å². The Hall–Kier alpha value is -1.81. The summed E-state index contributed by atoms with van der Waals surface area (Å²) in [5, 5.41) is 5.11. The molecule has 1 unspecified atom stereocenters. The number of fused-ring (bicyclic) bond motifs is 1. The Morgan fingerprint density at radius 2 is 2.20 bits per heavy atom. The zero-order chi connectivity index (χ0) is 13.9. The smallest absolute Gasteiger partial charge is 0.257 e. The Bertz CT molecular complexity index is 649. The first kappa shape index (κ1) is 13.2. The van der Waals surface area contributed by atoms with Crippen LogP contribution in [0, 0.1) is 0 Å². The van der Waals surface area contributed by atoms with Crippen LogP contribution in [-0.4, -0.2) is 36.1 Å². The van der Waals surface area contributed by atoms with E-state index >= 15 is 0 Å². The molecule has 0 bridgehead atoms. The number of likely N-dealkylation sites (tertiary alicyclic amines) is 1. The fourth-order valence-electron chi connectivity index (χ4n) is 2.94. The van der Waals surface area contributed by atoms with Crippen LogP contribution in [-0.2, 0) is 0 Å². The first-order chi connectivity index (χ1) is 9.74. The minimum absolute atomic E-state index is 0.0254. The molecular formula is C16H21N3O. The number of hydrogen-bond donors (Lipinski definition) is 2. The average molecular weight is 271 g/mol. The summed E-state index contributed by atoms with van der Waals surface area (Å²) in [4.78, 5) is 17.3. The molecule has 4 nitrogen and oxygen atoms in total. The molecule has 106 valence electrons. The van der Waals surface area contributed by atoms with Gasteiger partial charge in [0.2, 0.25) is 0 Å². The summed E-state index contributed by atoms with van der Waals surface area (Å²) in [5.74, 6) is 0.813. The first-order valence-corrected chi connectivity index (χ1v) is 7.30. The number of hydrogen-bond acceptors (Lipinski definition) is 3. The van der Waals surface area contributed by atoms with Gasteiger partial charge < -0.3 is 15.2 Å². The Labute approximate surface area is 118 Å². The predicted molar refractivity (Wildman–Crippen MR) is 83.3 cm³/mol. The molecule has 1 aromatic carbocycles. The number of piperidine rings is 1. The summed E-state index contributed by atoms with van der Waals surface area (Å²) in [7, 11) is 2.18. The first-order valence-electron chi connectivity index (χ1n) is 7.30. The van der Waals surface area contributed by atoms with E-state index in [1.165, 1.54) is 25.8 Å². The van der Waals surface area contributed by atoms with Gasteiger partial charge in [-0.3, -0.25) is 4.79 Å². The maximum Gasteiger partial charge on any atom is 0.257 e. The van der Waals surface area contributed by atoms with Crippen molar-refractivity contribution in [2.24, 2.45) is 0 Å². The average Bonchev–Trinajstić information content (AvgIpc) is 2.46. The van der Waals surface area contributed by atoms with Gasteiger partial charge in [0.15, 0.2) is 0 Å². The lowest BCUT2D eigenvalue weighted by molar-refractivity contribution is 0.194. The maximum absolute atomic E-state index is 12.0. The minimum Gasteiger partial charge on any atom is -0.370 e. The zero-order valence-corrected chi connectivity index (χ0v) is 11.9. The standard InChI is InChI=1S/C16H21N3O/c1-19-9-5-4-7-13(19)11-17-15-10-12-6-2-3-8-14(12)16(20)18-15/h2-3,6,8,10,13H,4-5,7,9,11H2,1H3,(H2,17,18,20). The number of aromatic nitrogens is 1. The van der Waals surface area contributed by atoms with E-state index in [0.29, 0.717) is 6.04 Å². The SMILES string of the molecule is CN1CCCCC1CNc1cc2ccccc2c(=O)[nH]1. The highest BCUT2D eigenvalue weighted by Gasteiger charge is 2.18. The van der Waals surface area contributed by atoms with Crippen molar-refractivity contribution in [2.75, 3.05) is 25.5 Å². The number of H-pyrrole nitrogens is 1. The summed E-state index contributed by atoms with van der Waals surface area (Å²) in [6, 6.07) is 10.2. The van der Waals surface area contributed by atoms with E-state index in [-0.39, 0.29) is 5.56 Å². The fourth-order valence-corrected chi connectivity index (χ4v) is 2.94. The summed E-state index contributed by atoms with van der Waals surface area (Å²) < 4.78 is 0. The molecule has 2 aromatic rings. The van der Waals surface area contributed by atoms with Gasteiger partial charge in [0.25, 0.3) is 5.56 Å². The highest BCUT2D eigenvalue weighted by molar-refractivity contribution is 5.83. The molecule has 0 spiro atoms. The second-order valence-electron chi connectivity index (χ2n) is 5.61. The van der Waals surface area contributed by atoms with Crippen molar-refractivity contribution in [1.29, 1.82) is 0 Å². The number of pyridine rings is 1. The summed E-state index contributed by atoms with van der Waals surface area (Å²) >= 11 is 0. The van der Waals surface area contributed by atoms with Crippen LogP contribution in [0.5, 0.6) is 0 Å². The van der Waals surface area contributed by atoms with Gasteiger partial charge in [-0.25, -0.2) is 0 Å². The van der Waals surface area contributed by atoms with Crippen molar-refractivity contribution in [1.82, 2.24) is 9.88 Å². The van der Waals surface area contributed by atoms with E-state index in [9.17, 15) is 4.79 Å². The van der Waals surface area contributed by atoms with Gasteiger partial charge in [-0.15, -0.1) is 0 Å². The molecule has 20 heavy (non-hydrogen) atoms. The van der Waals surface area contributed by atoms with Gasteiger partial charge in [-0.05, 0) is 44.0 Å². The summed E-state index contributed by atoms with van der Waals surface area (Å²) in [6.45, 7) is 2.05. The van der Waals surface area contributed by atoms with E-state index in [4.69, 9.17) is 0 Å². The molecule has 3 rings (SSSR count). The number of likely N-dealkylation sites (N-methyl/N-ethyl adjacent to an activating group) is 1. The van der Waals surface area contributed by atoms with Gasteiger partial charge >= 0.3 is 0 Å². The number of aromatic amines is 1. The quantitative estimate of drug-likeness (QED) is 0.901. The zero-order valence-electron chi connectivity index (χ0n) is 11.9. The molecule has 1 fully saturated rings. The van der Waals surface area contributed by atoms with E-state index in [1.54, 1.807) is 0 Å². The van der Waals surface area contributed by atoms with Crippen molar-refractivity contribution in [3.8, 4) is 0 Å². The lowest BCUT2D eigenvalue weighted by Gasteiger charge is -2.32. The number of nitrogens with one attached hydrogen (secondary N) is 2. The van der Waals surface area contributed by atoms with E-state index < -0.39 is 0 Å². The van der Waals surface area contributed by atoms with Gasteiger partial charge in [0.05, 0.1) is 0 Å². The third-order valence-corrected chi connectivity index (χ3v) is 4.20. The predicted octanol–water partition coefficient (Wildman–Crippen LogP) is 2.42. The third kappa shape index (κ3) is 2.70. The normalized spacial score (nSPS) is 20.1. The maximum atomic E-state index is 12.0. The monoisotopic (exact) mass is 271 g/mol. The largest absolute Gasteiger partial charge is 0.370 e. The van der Waals surface area contributed by atoms with Gasteiger partial charge in [-0.2, -0.15) is 0 Å². The molecule has 1 atom stereocenters. The molecule has 0 aliphatic carbocycles. The molecule has 0 radical (unpaired) electrons. The molecule has 2 N–H and O–H groups in total. The molecule has 0 saturated carbocycles. The van der Waals surface area contributed by atoms with Gasteiger partial charge in [0.1, 0.15) is 5.82 Å². The fraction of sp³-hybridized carbons (Fsp3) is 0.438. The number of rotatable bonds is 3. The molecule has 1 saturated heterocycles. The number of anilines is 1. The number of benzene rings is 1. The van der Waals surface area contributed by atoms with Gasteiger partial charge in [0, 0.05) is 18.0 Å². The van der Waals surface area contributed by atoms with Crippen molar-refractivity contribution >= 4 is 16.6 Å². The molecule has 4 heteroatoms. The van der Waals surface area contributed by atoms with Crippen LogP contribution in [0.25, 0.3) is 10.8 Å². The minimum atomic E-state index is -0.0254. The van der Waals surface area contributed by atoms with Crippen LogP contribution in [0.15, 0.2) is 35.1 Å².